The Hall–Kier alpha value is -2.42. The second-order valence-electron chi connectivity index (χ2n) is 6.85. The molecule has 1 aromatic rings. The van der Waals surface area contributed by atoms with Crippen molar-refractivity contribution in [3.63, 3.8) is 0 Å². The topological polar surface area (TPSA) is 101 Å². The summed E-state index contributed by atoms with van der Waals surface area (Å²) in [5.74, 6) is -0.307. The van der Waals surface area contributed by atoms with Gasteiger partial charge in [0.25, 0.3) is 5.91 Å². The van der Waals surface area contributed by atoms with Crippen LogP contribution < -0.4 is 0 Å². The van der Waals surface area contributed by atoms with E-state index in [2.05, 4.69) is 0 Å². The number of hydrogen-bond acceptors (Lipinski definition) is 6. The van der Waals surface area contributed by atoms with Gasteiger partial charge in [0.05, 0.1) is 4.90 Å². The summed E-state index contributed by atoms with van der Waals surface area (Å²) in [5.41, 5.74) is 0.899. The van der Waals surface area contributed by atoms with Gasteiger partial charge in [0.15, 0.2) is 16.4 Å². The van der Waals surface area contributed by atoms with Crippen molar-refractivity contribution < 1.29 is 27.5 Å². The van der Waals surface area contributed by atoms with Crippen LogP contribution in [-0.2, 0) is 30.6 Å². The average Bonchev–Trinajstić information content (AvgIpc) is 2.98. The Morgan fingerprint density at radius 1 is 1.15 bits per heavy atom. The van der Waals surface area contributed by atoms with Gasteiger partial charge in [-0.15, -0.1) is 0 Å². The van der Waals surface area contributed by atoms with E-state index in [1.807, 2.05) is 0 Å². The van der Waals surface area contributed by atoms with Gasteiger partial charge in [-0.05, 0) is 37.0 Å². The number of benzene rings is 1. The van der Waals surface area contributed by atoms with Crippen molar-refractivity contribution in [3.8, 4) is 0 Å². The quantitative estimate of drug-likeness (QED) is 0.738. The Bertz CT molecular complexity index is 825. The van der Waals surface area contributed by atoms with Gasteiger partial charge < -0.3 is 9.64 Å². The molecule has 0 unspecified atom stereocenters. The summed E-state index contributed by atoms with van der Waals surface area (Å²) in [5, 5.41) is 0. The number of ether oxygens (including phenoxy) is 1. The smallest absolute Gasteiger partial charge is 0.417 e. The van der Waals surface area contributed by atoms with E-state index in [-0.39, 0.29) is 29.4 Å². The summed E-state index contributed by atoms with van der Waals surface area (Å²) < 4.78 is 27.7. The first-order valence-electron chi connectivity index (χ1n) is 8.81. The number of carbonyl (C=O) groups is 3. The van der Waals surface area contributed by atoms with Crippen LogP contribution in [0.25, 0.3) is 0 Å². The molecule has 2 fully saturated rings. The van der Waals surface area contributed by atoms with Gasteiger partial charge in [-0.2, -0.15) is 0 Å². The lowest BCUT2D eigenvalue weighted by molar-refractivity contribution is -0.133. The fourth-order valence-corrected chi connectivity index (χ4v) is 4.03. The van der Waals surface area contributed by atoms with Crippen molar-refractivity contribution in [2.45, 2.75) is 36.6 Å². The second kappa shape index (κ2) is 7.67. The number of piperidine rings is 1. The molecule has 0 atom stereocenters. The van der Waals surface area contributed by atoms with Crippen molar-refractivity contribution in [3.05, 3.63) is 29.8 Å². The number of likely N-dealkylation sites (tertiary alicyclic amines) is 1. The lowest BCUT2D eigenvalue weighted by Crippen LogP contribution is -2.48. The maximum atomic E-state index is 12.4. The van der Waals surface area contributed by atoms with Crippen LogP contribution in [0, 0.1) is 0 Å². The molecule has 2 saturated heterocycles. The number of cyclic esters (lactones) is 1. The van der Waals surface area contributed by atoms with E-state index in [1.165, 1.54) is 4.90 Å². The number of carbonyl (C=O) groups excluding carboxylic acids is 3. The highest BCUT2D eigenvalue weighted by atomic mass is 32.2. The molecule has 0 N–H and O–H groups in total. The van der Waals surface area contributed by atoms with E-state index >= 15 is 0 Å². The lowest BCUT2D eigenvalue weighted by atomic mass is 10.0. The number of hydrogen-bond donors (Lipinski definition) is 0. The molecule has 8 nitrogen and oxygen atoms in total. The number of nitrogens with zero attached hydrogens (tertiary/aromatic N) is 2. The molecular formula is C18H22N2O6S. The molecule has 1 aromatic carbocycles. The zero-order valence-electron chi connectivity index (χ0n) is 15.1. The van der Waals surface area contributed by atoms with E-state index in [0.717, 1.165) is 11.8 Å². The molecular weight excluding hydrogens is 372 g/mol. The zero-order valence-corrected chi connectivity index (χ0v) is 15.9. The van der Waals surface area contributed by atoms with E-state index in [9.17, 15) is 22.8 Å². The first-order chi connectivity index (χ1) is 12.8. The third-order valence-corrected chi connectivity index (χ3v) is 6.07. The van der Waals surface area contributed by atoms with Gasteiger partial charge in [0, 0.05) is 31.8 Å². The molecule has 2 heterocycles. The minimum atomic E-state index is -3.22. The molecule has 0 radical (unpaired) electrons. The van der Waals surface area contributed by atoms with Gasteiger partial charge >= 0.3 is 6.09 Å². The normalized spacial score (nSPS) is 18.7. The number of aryl methyl sites for hydroxylation is 1. The number of amides is 3. The highest BCUT2D eigenvalue weighted by molar-refractivity contribution is 7.90. The largest absolute Gasteiger partial charge is 0.439 e. The molecule has 27 heavy (non-hydrogen) atoms. The highest BCUT2D eigenvalue weighted by Crippen LogP contribution is 2.21. The van der Waals surface area contributed by atoms with E-state index < -0.39 is 15.9 Å². The number of rotatable bonds is 5. The Kier molecular flexibility index (Phi) is 5.50. The van der Waals surface area contributed by atoms with Crippen molar-refractivity contribution in [2.24, 2.45) is 0 Å². The second-order valence-corrected chi connectivity index (χ2v) is 8.86. The zero-order chi connectivity index (χ0) is 19.6. The van der Waals surface area contributed by atoms with Crippen LogP contribution in [0.5, 0.6) is 0 Å². The molecule has 0 aromatic heterocycles. The van der Waals surface area contributed by atoms with E-state index in [0.29, 0.717) is 38.8 Å². The molecule has 2 aliphatic rings. The monoisotopic (exact) mass is 394 g/mol. The Morgan fingerprint density at radius 3 is 2.30 bits per heavy atom. The van der Waals surface area contributed by atoms with Gasteiger partial charge in [-0.1, -0.05) is 12.1 Å². The molecule has 0 bridgehead atoms. The summed E-state index contributed by atoms with van der Waals surface area (Å²) in [7, 11) is -3.22. The minimum absolute atomic E-state index is 0.0102. The van der Waals surface area contributed by atoms with Crippen LogP contribution >= 0.6 is 0 Å². The summed E-state index contributed by atoms with van der Waals surface area (Å²) in [6.45, 7) is 0.789. The molecule has 0 spiro atoms. The third kappa shape index (κ3) is 4.47. The highest BCUT2D eigenvalue weighted by Gasteiger charge is 2.38. The van der Waals surface area contributed by atoms with Crippen LogP contribution in [0.2, 0.25) is 0 Å². The van der Waals surface area contributed by atoms with Crippen LogP contribution in [-0.4, -0.2) is 68.1 Å². The molecule has 3 rings (SSSR count). The summed E-state index contributed by atoms with van der Waals surface area (Å²) in [6.07, 6.45) is 2.52. The first kappa shape index (κ1) is 19.3. The average molecular weight is 394 g/mol. The maximum absolute atomic E-state index is 12.4. The van der Waals surface area contributed by atoms with Crippen molar-refractivity contribution in [1.82, 2.24) is 9.80 Å². The summed E-state index contributed by atoms with van der Waals surface area (Å²) >= 11 is 0. The maximum Gasteiger partial charge on any atom is 0.417 e. The van der Waals surface area contributed by atoms with Crippen LogP contribution in [0.3, 0.4) is 0 Å². The number of sulfone groups is 1. The molecule has 0 saturated carbocycles. The third-order valence-electron chi connectivity index (χ3n) is 4.95. The Labute approximate surface area is 158 Å². The van der Waals surface area contributed by atoms with Crippen LogP contribution in [0.15, 0.2) is 29.2 Å². The van der Waals surface area contributed by atoms with Crippen molar-refractivity contribution in [2.75, 3.05) is 26.0 Å². The Morgan fingerprint density at radius 2 is 1.78 bits per heavy atom. The first-order valence-corrected chi connectivity index (χ1v) is 10.7. The molecule has 0 aliphatic carbocycles. The van der Waals surface area contributed by atoms with Crippen LogP contribution in [0.1, 0.15) is 24.8 Å². The standard InChI is InChI=1S/C18H22N2O6S/c1-27(24,25)15-5-2-13(3-6-15)4-7-16(21)19-10-8-14(9-11-19)20-17(22)12-26-18(20)23/h2-3,5-6,14H,4,7-12H2,1H3. The van der Waals surface area contributed by atoms with E-state index in [1.54, 1.807) is 29.2 Å². The lowest BCUT2D eigenvalue weighted by Gasteiger charge is -2.34. The van der Waals surface area contributed by atoms with E-state index in [4.69, 9.17) is 4.74 Å². The predicted octanol–water partition coefficient (Wildman–Crippen LogP) is 0.993. The summed E-state index contributed by atoms with van der Waals surface area (Å²) in [4.78, 5) is 38.9. The minimum Gasteiger partial charge on any atom is -0.439 e. The summed E-state index contributed by atoms with van der Waals surface area (Å²) in [6, 6.07) is 6.33. The fraction of sp³-hybridized carbons (Fsp3) is 0.500. The molecule has 3 amide bonds. The number of imide groups is 1. The molecule has 146 valence electrons. The van der Waals surface area contributed by atoms with Gasteiger partial charge in [0.1, 0.15) is 0 Å². The SMILES string of the molecule is CS(=O)(=O)c1ccc(CCC(=O)N2CCC(N3C(=O)COC3=O)CC2)cc1. The fourth-order valence-electron chi connectivity index (χ4n) is 3.40. The van der Waals surface area contributed by atoms with Crippen molar-refractivity contribution >= 4 is 27.7 Å². The van der Waals surface area contributed by atoms with Gasteiger partial charge in [-0.25, -0.2) is 18.1 Å². The van der Waals surface area contributed by atoms with Crippen LogP contribution in [0.4, 0.5) is 4.79 Å². The molecule has 9 heteroatoms. The van der Waals surface area contributed by atoms with Gasteiger partial charge in [-0.3, -0.25) is 9.59 Å². The van der Waals surface area contributed by atoms with Gasteiger partial charge in [0.2, 0.25) is 5.91 Å². The Balaban J connectivity index is 1.48. The molecule has 2 aliphatic heterocycles. The predicted molar refractivity (Wildman–Crippen MR) is 95.7 cm³/mol. The van der Waals surface area contributed by atoms with Crippen molar-refractivity contribution in [1.29, 1.82) is 0 Å².